The lowest BCUT2D eigenvalue weighted by atomic mass is 10.2. The summed E-state index contributed by atoms with van der Waals surface area (Å²) in [6.07, 6.45) is 0.369. The van der Waals surface area contributed by atoms with E-state index < -0.39 is 5.82 Å². The number of hydrogen-bond acceptors (Lipinski definition) is 6. The number of aromatic nitrogens is 2. The molecule has 0 aliphatic carbocycles. The van der Waals surface area contributed by atoms with Gasteiger partial charge >= 0.3 is 0 Å². The minimum absolute atomic E-state index is 0.132. The van der Waals surface area contributed by atoms with Crippen molar-refractivity contribution in [2.75, 3.05) is 19.5 Å². The molecule has 0 atom stereocenters. The third-order valence-electron chi connectivity index (χ3n) is 3.82. The van der Waals surface area contributed by atoms with Gasteiger partial charge in [0.05, 0.1) is 19.8 Å². The summed E-state index contributed by atoms with van der Waals surface area (Å²) in [6, 6.07) is 11.2. The topological polar surface area (TPSA) is 86.5 Å². The van der Waals surface area contributed by atoms with E-state index in [-0.39, 0.29) is 36.0 Å². The van der Waals surface area contributed by atoms with Crippen molar-refractivity contribution in [2.45, 2.75) is 12.8 Å². The van der Waals surface area contributed by atoms with Crippen molar-refractivity contribution < 1.29 is 23.2 Å². The molecule has 0 saturated carbocycles. The Bertz CT molecular complexity index is 942. The minimum Gasteiger partial charge on any atom is -0.493 e. The lowest BCUT2D eigenvalue weighted by Gasteiger charge is -2.10. The van der Waals surface area contributed by atoms with Crippen molar-refractivity contribution in [3.8, 4) is 22.9 Å². The van der Waals surface area contributed by atoms with E-state index in [2.05, 4.69) is 15.5 Å². The molecule has 7 nitrogen and oxygen atoms in total. The molecule has 27 heavy (non-hydrogen) atoms. The monoisotopic (exact) mass is 371 g/mol. The molecule has 3 rings (SSSR count). The molecule has 140 valence electrons. The van der Waals surface area contributed by atoms with Gasteiger partial charge in [-0.05, 0) is 24.3 Å². The summed E-state index contributed by atoms with van der Waals surface area (Å²) in [6.45, 7) is 0. The van der Waals surface area contributed by atoms with E-state index >= 15 is 0 Å². The quantitative estimate of drug-likeness (QED) is 0.684. The number of nitrogens with one attached hydrogen (secondary N) is 1. The summed E-state index contributed by atoms with van der Waals surface area (Å²) in [4.78, 5) is 16.3. The number of carbonyl (C=O) groups is 1. The van der Waals surface area contributed by atoms with Crippen molar-refractivity contribution in [1.82, 2.24) is 10.1 Å². The number of aryl methyl sites for hydroxylation is 1. The molecular formula is C19H18FN3O4. The molecule has 0 radical (unpaired) electrons. The van der Waals surface area contributed by atoms with Crippen molar-refractivity contribution >= 4 is 11.6 Å². The first kappa shape index (κ1) is 18.4. The van der Waals surface area contributed by atoms with Crippen LogP contribution in [-0.4, -0.2) is 30.3 Å². The molecule has 1 heterocycles. The van der Waals surface area contributed by atoms with Crippen LogP contribution in [-0.2, 0) is 11.2 Å². The van der Waals surface area contributed by atoms with Gasteiger partial charge in [-0.25, -0.2) is 4.39 Å². The number of ether oxygens (including phenoxy) is 2. The fourth-order valence-corrected chi connectivity index (χ4v) is 2.47. The number of anilines is 1. The summed E-state index contributed by atoms with van der Waals surface area (Å²) in [5, 5.41) is 6.52. The van der Waals surface area contributed by atoms with Gasteiger partial charge in [0.25, 0.3) is 0 Å². The number of amides is 1. The average molecular weight is 371 g/mol. The largest absolute Gasteiger partial charge is 0.493 e. The average Bonchev–Trinajstić information content (AvgIpc) is 3.15. The van der Waals surface area contributed by atoms with Gasteiger partial charge in [0.1, 0.15) is 5.82 Å². The van der Waals surface area contributed by atoms with E-state index in [4.69, 9.17) is 14.0 Å². The molecule has 0 saturated heterocycles. The number of benzene rings is 2. The molecule has 0 unspecified atom stereocenters. The Morgan fingerprint density at radius 1 is 1.15 bits per heavy atom. The normalized spacial score (nSPS) is 10.5. The van der Waals surface area contributed by atoms with Gasteiger partial charge in [0.15, 0.2) is 11.5 Å². The van der Waals surface area contributed by atoms with Crippen LogP contribution >= 0.6 is 0 Å². The summed E-state index contributed by atoms with van der Waals surface area (Å²) < 4.78 is 29.2. The highest BCUT2D eigenvalue weighted by molar-refractivity contribution is 5.91. The van der Waals surface area contributed by atoms with Crippen molar-refractivity contribution in [1.29, 1.82) is 0 Å². The van der Waals surface area contributed by atoms with E-state index in [1.807, 2.05) is 0 Å². The third kappa shape index (κ3) is 4.41. The predicted molar refractivity (Wildman–Crippen MR) is 96.2 cm³/mol. The van der Waals surface area contributed by atoms with Crippen molar-refractivity contribution in [3.05, 3.63) is 54.2 Å². The Labute approximate surface area is 155 Å². The van der Waals surface area contributed by atoms with E-state index in [0.717, 1.165) is 0 Å². The first-order valence-electron chi connectivity index (χ1n) is 8.20. The zero-order valence-corrected chi connectivity index (χ0v) is 14.9. The lowest BCUT2D eigenvalue weighted by molar-refractivity contribution is -0.116. The summed E-state index contributed by atoms with van der Waals surface area (Å²) in [7, 11) is 3.06. The lowest BCUT2D eigenvalue weighted by Crippen LogP contribution is -2.12. The standard InChI is InChI=1S/C19H18FN3O4/c1-25-15-8-7-12(11-16(15)26-2)21-17(24)9-10-18-22-19(23-27-18)13-5-3-4-6-14(13)20/h3-8,11H,9-10H2,1-2H3,(H,21,24). The van der Waals surface area contributed by atoms with Crippen LogP contribution in [0.4, 0.5) is 10.1 Å². The summed E-state index contributed by atoms with van der Waals surface area (Å²) in [5.41, 5.74) is 0.831. The van der Waals surface area contributed by atoms with Crippen LogP contribution < -0.4 is 14.8 Å². The van der Waals surface area contributed by atoms with Crippen molar-refractivity contribution in [2.24, 2.45) is 0 Å². The molecule has 0 bridgehead atoms. The zero-order valence-electron chi connectivity index (χ0n) is 14.9. The molecule has 3 aromatic rings. The SMILES string of the molecule is COc1ccc(NC(=O)CCc2nc(-c3ccccc3F)no2)cc1OC. The van der Waals surface area contributed by atoms with Gasteiger partial charge in [0, 0.05) is 24.6 Å². The summed E-state index contributed by atoms with van der Waals surface area (Å²) in [5.74, 6) is 0.840. The molecule has 0 fully saturated rings. The molecule has 2 aromatic carbocycles. The predicted octanol–water partition coefficient (Wildman–Crippen LogP) is 3.46. The minimum atomic E-state index is -0.434. The van der Waals surface area contributed by atoms with Crippen LogP contribution in [0, 0.1) is 5.82 Å². The molecule has 0 aliphatic rings. The maximum Gasteiger partial charge on any atom is 0.227 e. The van der Waals surface area contributed by atoms with Gasteiger partial charge < -0.3 is 19.3 Å². The van der Waals surface area contributed by atoms with Gasteiger partial charge in [-0.2, -0.15) is 4.98 Å². The highest BCUT2D eigenvalue weighted by Gasteiger charge is 2.14. The fraction of sp³-hybridized carbons (Fsp3) is 0.211. The van der Waals surface area contributed by atoms with E-state index in [0.29, 0.717) is 17.2 Å². The smallest absolute Gasteiger partial charge is 0.227 e. The van der Waals surface area contributed by atoms with E-state index in [1.54, 1.807) is 36.4 Å². The maximum absolute atomic E-state index is 13.8. The molecule has 1 N–H and O–H groups in total. The van der Waals surface area contributed by atoms with Crippen molar-refractivity contribution in [3.63, 3.8) is 0 Å². The molecule has 1 amide bonds. The van der Waals surface area contributed by atoms with Gasteiger partial charge in [0.2, 0.25) is 17.6 Å². The zero-order chi connectivity index (χ0) is 19.2. The second-order valence-electron chi connectivity index (χ2n) is 5.61. The third-order valence-corrected chi connectivity index (χ3v) is 3.82. The molecule has 0 aliphatic heterocycles. The van der Waals surface area contributed by atoms with Gasteiger partial charge in [-0.15, -0.1) is 0 Å². The number of nitrogens with zero attached hydrogens (tertiary/aromatic N) is 2. The Kier molecular flexibility index (Phi) is 5.65. The highest BCUT2D eigenvalue weighted by Crippen LogP contribution is 2.29. The molecule has 1 aromatic heterocycles. The molecule has 8 heteroatoms. The summed E-state index contributed by atoms with van der Waals surface area (Å²) >= 11 is 0. The first-order chi connectivity index (χ1) is 13.1. The number of methoxy groups -OCH3 is 2. The van der Waals surface area contributed by atoms with E-state index in [1.165, 1.54) is 20.3 Å². The Hall–Kier alpha value is -3.42. The van der Waals surface area contributed by atoms with Crippen LogP contribution in [0.15, 0.2) is 47.0 Å². The number of hydrogen-bond donors (Lipinski definition) is 1. The van der Waals surface area contributed by atoms with Crippen LogP contribution in [0.2, 0.25) is 0 Å². The van der Waals surface area contributed by atoms with E-state index in [9.17, 15) is 9.18 Å². The molecular weight excluding hydrogens is 353 g/mol. The highest BCUT2D eigenvalue weighted by atomic mass is 19.1. The molecule has 0 spiro atoms. The van der Waals surface area contributed by atoms with Crippen LogP contribution in [0.5, 0.6) is 11.5 Å². The Morgan fingerprint density at radius 3 is 2.67 bits per heavy atom. The number of carbonyl (C=O) groups excluding carboxylic acids is 1. The van der Waals surface area contributed by atoms with Crippen LogP contribution in [0.3, 0.4) is 0 Å². The second-order valence-corrected chi connectivity index (χ2v) is 5.61. The second kappa shape index (κ2) is 8.31. The fourth-order valence-electron chi connectivity index (χ4n) is 2.47. The van der Waals surface area contributed by atoms with Gasteiger partial charge in [-0.1, -0.05) is 17.3 Å². The number of rotatable bonds is 7. The number of halogens is 1. The maximum atomic E-state index is 13.8. The van der Waals surface area contributed by atoms with Gasteiger partial charge in [-0.3, -0.25) is 4.79 Å². The Morgan fingerprint density at radius 2 is 1.93 bits per heavy atom. The first-order valence-corrected chi connectivity index (χ1v) is 8.20. The Balaban J connectivity index is 1.59. The van der Waals surface area contributed by atoms with Crippen LogP contribution in [0.25, 0.3) is 11.4 Å². The van der Waals surface area contributed by atoms with Crippen LogP contribution in [0.1, 0.15) is 12.3 Å².